The average Bonchev–Trinajstić information content (AvgIpc) is 2.54. The molecule has 4 nitrogen and oxygen atoms in total. The van der Waals surface area contributed by atoms with Crippen LogP contribution in [0.5, 0.6) is 0 Å². The molecule has 0 atom stereocenters. The van der Waals surface area contributed by atoms with Crippen LogP contribution in [0, 0.1) is 13.8 Å². The molecule has 2 rings (SSSR count). The number of aryl methyl sites for hydroxylation is 2. The number of rotatable bonds is 6. The molecule has 0 spiro atoms. The summed E-state index contributed by atoms with van der Waals surface area (Å²) in [5, 5.41) is 6.66. The fraction of sp³-hybridized carbons (Fsp3) is 0.278. The lowest BCUT2D eigenvalue weighted by Gasteiger charge is -2.12. The van der Waals surface area contributed by atoms with Gasteiger partial charge in [-0.25, -0.2) is 8.42 Å². The molecule has 2 aromatic carbocycles. The number of nitrogens with one attached hydrogen (secondary N) is 2. The van der Waals surface area contributed by atoms with Gasteiger partial charge in [-0.2, -0.15) is 0 Å². The van der Waals surface area contributed by atoms with Crippen LogP contribution in [0.15, 0.2) is 53.4 Å². The minimum Gasteiger partial charge on any atom is -0.362 e. The number of hydrogen-bond acceptors (Lipinski definition) is 3. The third kappa shape index (κ3) is 5.32. The maximum atomic E-state index is 12.2. The average molecular weight is 363 g/mol. The van der Waals surface area contributed by atoms with Crippen molar-refractivity contribution in [3.05, 3.63) is 59.7 Å². The molecule has 2 aromatic rings. The Morgan fingerprint density at radius 1 is 1.04 bits per heavy atom. The van der Waals surface area contributed by atoms with E-state index in [0.717, 1.165) is 16.8 Å². The lowest BCUT2D eigenvalue weighted by atomic mass is 10.2. The normalized spacial score (nSPS) is 11.1. The highest BCUT2D eigenvalue weighted by molar-refractivity contribution is 7.91. The largest absolute Gasteiger partial charge is 0.362 e. The Morgan fingerprint density at radius 3 is 2.38 bits per heavy atom. The first-order valence-corrected chi connectivity index (χ1v) is 9.84. The summed E-state index contributed by atoms with van der Waals surface area (Å²) in [6.45, 7) is 4.44. The van der Waals surface area contributed by atoms with Crippen LogP contribution in [0.4, 0.5) is 5.69 Å². The number of thiocarbonyl (C=S) groups is 1. The van der Waals surface area contributed by atoms with E-state index in [-0.39, 0.29) is 5.75 Å². The van der Waals surface area contributed by atoms with Crippen LogP contribution in [-0.4, -0.2) is 25.8 Å². The molecule has 0 heterocycles. The third-order valence-electron chi connectivity index (χ3n) is 3.65. The minimum absolute atomic E-state index is 0.0933. The van der Waals surface area contributed by atoms with Crippen LogP contribution >= 0.6 is 12.2 Å². The van der Waals surface area contributed by atoms with E-state index in [2.05, 4.69) is 10.6 Å². The SMILES string of the molecule is Cc1ccc(S(=O)(=O)CCCNC(=S)Nc2ccccc2C)cc1. The van der Waals surface area contributed by atoms with Gasteiger partial charge in [0, 0.05) is 12.2 Å². The predicted octanol–water partition coefficient (Wildman–Crippen LogP) is 3.45. The van der Waals surface area contributed by atoms with Crippen molar-refractivity contribution in [2.75, 3.05) is 17.6 Å². The van der Waals surface area contributed by atoms with Gasteiger partial charge in [0.15, 0.2) is 14.9 Å². The second-order valence-electron chi connectivity index (χ2n) is 5.68. The Morgan fingerprint density at radius 2 is 1.71 bits per heavy atom. The number of para-hydroxylation sites is 1. The molecular formula is C18H22N2O2S2. The van der Waals surface area contributed by atoms with E-state index in [9.17, 15) is 8.42 Å². The zero-order valence-corrected chi connectivity index (χ0v) is 15.5. The van der Waals surface area contributed by atoms with Gasteiger partial charge in [-0.15, -0.1) is 0 Å². The quantitative estimate of drug-likeness (QED) is 0.609. The summed E-state index contributed by atoms with van der Waals surface area (Å²) in [5.74, 6) is 0.0933. The molecule has 128 valence electrons. The summed E-state index contributed by atoms with van der Waals surface area (Å²) in [7, 11) is -3.24. The molecule has 0 unspecified atom stereocenters. The van der Waals surface area contributed by atoms with Gasteiger partial charge in [-0.1, -0.05) is 35.9 Å². The first-order valence-electron chi connectivity index (χ1n) is 7.78. The fourth-order valence-electron chi connectivity index (χ4n) is 2.21. The van der Waals surface area contributed by atoms with E-state index in [0.29, 0.717) is 23.0 Å². The Bertz CT molecular complexity index is 800. The molecule has 24 heavy (non-hydrogen) atoms. The van der Waals surface area contributed by atoms with Gasteiger partial charge in [-0.05, 0) is 56.2 Å². The van der Waals surface area contributed by atoms with Crippen LogP contribution in [0.1, 0.15) is 17.5 Å². The maximum Gasteiger partial charge on any atom is 0.178 e. The maximum absolute atomic E-state index is 12.2. The minimum atomic E-state index is -3.24. The van der Waals surface area contributed by atoms with Crippen molar-refractivity contribution in [1.29, 1.82) is 0 Å². The monoisotopic (exact) mass is 362 g/mol. The van der Waals surface area contributed by atoms with Crippen molar-refractivity contribution < 1.29 is 8.42 Å². The van der Waals surface area contributed by atoms with E-state index in [1.54, 1.807) is 12.1 Å². The second-order valence-corrected chi connectivity index (χ2v) is 8.20. The Hall–Kier alpha value is -1.92. The molecule has 0 aromatic heterocycles. The topological polar surface area (TPSA) is 58.2 Å². The molecule has 0 amide bonds. The van der Waals surface area contributed by atoms with Crippen LogP contribution in [-0.2, 0) is 9.84 Å². The van der Waals surface area contributed by atoms with Gasteiger partial charge in [0.25, 0.3) is 0 Å². The first-order chi connectivity index (χ1) is 11.4. The molecule has 0 fully saturated rings. The molecule has 0 aliphatic carbocycles. The molecule has 0 aliphatic rings. The van der Waals surface area contributed by atoms with Gasteiger partial charge in [0.2, 0.25) is 0 Å². The summed E-state index contributed by atoms with van der Waals surface area (Å²) in [4.78, 5) is 0.369. The summed E-state index contributed by atoms with van der Waals surface area (Å²) >= 11 is 5.24. The van der Waals surface area contributed by atoms with E-state index >= 15 is 0 Å². The van der Waals surface area contributed by atoms with Crippen molar-refractivity contribution in [2.24, 2.45) is 0 Å². The second kappa shape index (κ2) is 8.26. The Labute approximate surface area is 149 Å². The van der Waals surface area contributed by atoms with Crippen LogP contribution in [0.2, 0.25) is 0 Å². The van der Waals surface area contributed by atoms with E-state index < -0.39 is 9.84 Å². The molecule has 0 saturated heterocycles. The smallest absolute Gasteiger partial charge is 0.178 e. The standard InChI is InChI=1S/C18H22N2O2S2/c1-14-8-10-16(11-9-14)24(21,22)13-5-12-19-18(23)20-17-7-4-3-6-15(17)2/h3-4,6-11H,5,12-13H2,1-2H3,(H2,19,20,23). The highest BCUT2D eigenvalue weighted by atomic mass is 32.2. The molecule has 0 radical (unpaired) electrons. The zero-order chi connectivity index (χ0) is 17.6. The predicted molar refractivity (Wildman–Crippen MR) is 103 cm³/mol. The lowest BCUT2D eigenvalue weighted by molar-refractivity contribution is 0.593. The molecule has 0 saturated carbocycles. The van der Waals surface area contributed by atoms with Crippen molar-refractivity contribution in [2.45, 2.75) is 25.2 Å². The van der Waals surface area contributed by atoms with E-state index in [1.807, 2.05) is 50.2 Å². The van der Waals surface area contributed by atoms with Crippen LogP contribution < -0.4 is 10.6 Å². The first kappa shape index (κ1) is 18.4. The van der Waals surface area contributed by atoms with Crippen LogP contribution in [0.25, 0.3) is 0 Å². The van der Waals surface area contributed by atoms with Crippen molar-refractivity contribution in [1.82, 2.24) is 5.32 Å². The van der Waals surface area contributed by atoms with Crippen molar-refractivity contribution >= 4 is 32.9 Å². The number of sulfone groups is 1. The van der Waals surface area contributed by atoms with Gasteiger partial charge >= 0.3 is 0 Å². The van der Waals surface area contributed by atoms with Crippen molar-refractivity contribution in [3.8, 4) is 0 Å². The van der Waals surface area contributed by atoms with Crippen molar-refractivity contribution in [3.63, 3.8) is 0 Å². The third-order valence-corrected chi connectivity index (χ3v) is 5.71. The van der Waals surface area contributed by atoms with E-state index in [4.69, 9.17) is 12.2 Å². The fourth-order valence-corrected chi connectivity index (χ4v) is 3.73. The highest BCUT2D eigenvalue weighted by Crippen LogP contribution is 2.14. The van der Waals surface area contributed by atoms with Gasteiger partial charge in [-0.3, -0.25) is 0 Å². The summed E-state index contributed by atoms with van der Waals surface area (Å²) in [5.41, 5.74) is 3.09. The number of hydrogen-bond donors (Lipinski definition) is 2. The molecule has 0 aliphatic heterocycles. The highest BCUT2D eigenvalue weighted by Gasteiger charge is 2.13. The van der Waals surface area contributed by atoms with E-state index in [1.165, 1.54) is 0 Å². The number of benzene rings is 2. The summed E-state index contributed by atoms with van der Waals surface area (Å²) in [6, 6.07) is 14.8. The molecule has 6 heteroatoms. The molecular weight excluding hydrogens is 340 g/mol. The summed E-state index contributed by atoms with van der Waals surface area (Å²) < 4.78 is 24.5. The van der Waals surface area contributed by atoms with Crippen LogP contribution in [0.3, 0.4) is 0 Å². The Balaban J connectivity index is 1.79. The summed E-state index contributed by atoms with van der Waals surface area (Å²) in [6.07, 6.45) is 0.492. The Kier molecular flexibility index (Phi) is 6.34. The zero-order valence-electron chi connectivity index (χ0n) is 13.9. The van der Waals surface area contributed by atoms with Gasteiger partial charge in [0.05, 0.1) is 10.6 Å². The lowest BCUT2D eigenvalue weighted by Crippen LogP contribution is -2.30. The number of anilines is 1. The van der Waals surface area contributed by atoms with Gasteiger partial charge in [0.1, 0.15) is 0 Å². The molecule has 2 N–H and O–H groups in total. The van der Waals surface area contributed by atoms with Gasteiger partial charge < -0.3 is 10.6 Å². The molecule has 0 bridgehead atoms.